The molecule has 3 aliphatic rings. The van der Waals surface area contributed by atoms with E-state index in [1.165, 1.54) is 37.7 Å². The Morgan fingerprint density at radius 1 is 0.923 bits per heavy atom. The van der Waals surface area contributed by atoms with E-state index in [1.807, 2.05) is 0 Å². The Hall–Kier alpha value is -0.496. The molecule has 3 fully saturated rings. The van der Waals surface area contributed by atoms with Gasteiger partial charge >= 0.3 is 0 Å². The van der Waals surface area contributed by atoms with Gasteiger partial charge in [0.1, 0.15) is 6.29 Å². The van der Waals surface area contributed by atoms with Crippen LogP contribution in [0.15, 0.2) is 23.3 Å². The minimum Gasteiger partial charge on any atom is -0.414 e. The molecule has 3 rings (SSSR count). The van der Waals surface area contributed by atoms with Crippen molar-refractivity contribution in [1.82, 2.24) is 0 Å². The first-order valence-electron chi connectivity index (χ1n) is 16.0. The van der Waals surface area contributed by atoms with Crippen LogP contribution in [0.3, 0.4) is 0 Å². The maximum Gasteiger partial charge on any atom is 0.192 e. The topological polar surface area (TPSA) is 35.5 Å². The van der Waals surface area contributed by atoms with E-state index in [-0.39, 0.29) is 22.3 Å². The minimum absolute atomic E-state index is 0.207. The highest BCUT2D eigenvalue weighted by Gasteiger charge is 2.50. The van der Waals surface area contributed by atoms with Crippen molar-refractivity contribution >= 4 is 22.9 Å². The van der Waals surface area contributed by atoms with E-state index in [4.69, 9.17) is 8.85 Å². The van der Waals surface area contributed by atoms with Crippen molar-refractivity contribution in [1.29, 1.82) is 0 Å². The molecule has 0 aromatic rings. The fourth-order valence-electron chi connectivity index (χ4n) is 7.39. The SMILES string of the molecule is C[C@H](CC=O)[C@H]1CC[C@H]2/C(=C/C=C3CC(O[Si](C)(C)C(C)(C)C)CC(O[Si](C)(C)C(C)(C)C)C3)CCC[C@]12C. The van der Waals surface area contributed by atoms with Crippen molar-refractivity contribution in [3.05, 3.63) is 23.3 Å². The van der Waals surface area contributed by atoms with Crippen LogP contribution >= 0.6 is 0 Å². The van der Waals surface area contributed by atoms with E-state index < -0.39 is 16.6 Å². The number of rotatable bonds is 8. The van der Waals surface area contributed by atoms with Crippen LogP contribution in [0.5, 0.6) is 0 Å². The fourth-order valence-corrected chi connectivity index (χ4v) is 10.1. The molecule has 0 bridgehead atoms. The summed E-state index contributed by atoms with van der Waals surface area (Å²) in [5.41, 5.74) is 3.52. The Morgan fingerprint density at radius 3 is 1.95 bits per heavy atom. The second-order valence-corrected chi connectivity index (χ2v) is 26.2. The summed E-state index contributed by atoms with van der Waals surface area (Å²) in [4.78, 5) is 11.3. The van der Waals surface area contributed by atoms with Crippen molar-refractivity contribution in [2.24, 2.45) is 23.2 Å². The Balaban J connectivity index is 1.86. The summed E-state index contributed by atoms with van der Waals surface area (Å²) < 4.78 is 14.1. The lowest BCUT2D eigenvalue weighted by Crippen LogP contribution is -2.48. The standard InChI is InChI=1S/C34H62O3Si2/c1-25(19-21-35)30-17-18-31-27(14-13-20-34(30,31)8)16-15-26-22-28(36-38(9,10)32(2,3)4)24-29(23-26)37-39(11,12)33(5,6)7/h15-16,21,25,28-31H,13-14,17-20,22-24H2,1-12H3/b26-15?,27-16+/t25-,28?,29?,30-,31+,34-/m1/s1. The largest absolute Gasteiger partial charge is 0.414 e. The normalized spacial score (nSPS) is 32.7. The molecule has 0 amide bonds. The van der Waals surface area contributed by atoms with Crippen molar-refractivity contribution in [3.8, 4) is 0 Å². The third kappa shape index (κ3) is 7.48. The number of carbonyl (C=O) groups excluding carboxylic acids is 1. The number of hydrogen-bond acceptors (Lipinski definition) is 3. The zero-order valence-corrected chi connectivity index (χ0v) is 29.7. The summed E-state index contributed by atoms with van der Waals surface area (Å²) >= 11 is 0. The van der Waals surface area contributed by atoms with Crippen molar-refractivity contribution in [2.75, 3.05) is 0 Å². The average Bonchev–Trinajstić information content (AvgIpc) is 3.13. The molecule has 0 aliphatic heterocycles. The summed E-state index contributed by atoms with van der Waals surface area (Å²) in [6.45, 7) is 28.5. The molecule has 6 atom stereocenters. The van der Waals surface area contributed by atoms with E-state index in [2.05, 4.69) is 93.7 Å². The smallest absolute Gasteiger partial charge is 0.192 e. The Morgan fingerprint density at radius 2 is 1.46 bits per heavy atom. The van der Waals surface area contributed by atoms with E-state index in [1.54, 1.807) is 5.57 Å². The molecule has 224 valence electrons. The fraction of sp³-hybridized carbons (Fsp3) is 0.853. The Bertz CT molecular complexity index is 882. The van der Waals surface area contributed by atoms with Crippen LogP contribution in [-0.2, 0) is 13.6 Å². The number of carbonyl (C=O) groups is 1. The maximum absolute atomic E-state index is 11.3. The number of hydrogen-bond donors (Lipinski definition) is 0. The highest BCUT2D eigenvalue weighted by molar-refractivity contribution is 6.74. The highest BCUT2D eigenvalue weighted by atomic mass is 28.4. The second-order valence-electron chi connectivity index (χ2n) is 16.7. The molecule has 0 radical (unpaired) electrons. The number of fused-ring (bicyclic) bond motifs is 1. The van der Waals surface area contributed by atoms with Crippen LogP contribution in [0.2, 0.25) is 36.3 Å². The molecule has 39 heavy (non-hydrogen) atoms. The zero-order valence-electron chi connectivity index (χ0n) is 27.7. The molecule has 3 saturated carbocycles. The predicted octanol–water partition coefficient (Wildman–Crippen LogP) is 10.2. The van der Waals surface area contributed by atoms with Gasteiger partial charge in [0.2, 0.25) is 0 Å². The molecule has 0 saturated heterocycles. The van der Waals surface area contributed by atoms with Gasteiger partial charge in [0.25, 0.3) is 0 Å². The van der Waals surface area contributed by atoms with Gasteiger partial charge in [0.15, 0.2) is 16.6 Å². The second kappa shape index (κ2) is 12.0. The molecule has 0 heterocycles. The summed E-state index contributed by atoms with van der Waals surface area (Å²) in [6.07, 6.45) is 16.8. The van der Waals surface area contributed by atoms with Crippen LogP contribution in [-0.4, -0.2) is 35.1 Å². The van der Waals surface area contributed by atoms with Gasteiger partial charge in [0.05, 0.1) is 12.2 Å². The number of aldehydes is 1. The first kappa shape index (κ1) is 33.0. The van der Waals surface area contributed by atoms with Crippen LogP contribution < -0.4 is 0 Å². The van der Waals surface area contributed by atoms with Crippen LogP contribution in [0, 0.1) is 23.2 Å². The average molecular weight is 575 g/mol. The van der Waals surface area contributed by atoms with Crippen molar-refractivity contribution in [2.45, 2.75) is 162 Å². The highest BCUT2D eigenvalue weighted by Crippen LogP contribution is 2.59. The third-order valence-corrected chi connectivity index (χ3v) is 20.8. The zero-order chi connectivity index (χ0) is 29.4. The molecular weight excluding hydrogens is 513 g/mol. The Kier molecular flexibility index (Phi) is 10.2. The van der Waals surface area contributed by atoms with E-state index in [9.17, 15) is 4.79 Å². The molecule has 0 spiro atoms. The van der Waals surface area contributed by atoms with Gasteiger partial charge in [-0.05, 0) is 111 Å². The number of allylic oxidation sites excluding steroid dienone is 3. The van der Waals surface area contributed by atoms with E-state index in [0.29, 0.717) is 29.6 Å². The van der Waals surface area contributed by atoms with Gasteiger partial charge < -0.3 is 13.6 Å². The molecule has 0 N–H and O–H groups in total. The van der Waals surface area contributed by atoms with Crippen molar-refractivity contribution in [3.63, 3.8) is 0 Å². The molecule has 0 aromatic heterocycles. The third-order valence-electron chi connectivity index (χ3n) is 11.8. The van der Waals surface area contributed by atoms with Crippen LogP contribution in [0.1, 0.15) is 113 Å². The summed E-state index contributed by atoms with van der Waals surface area (Å²) in [7, 11) is -3.73. The lowest BCUT2D eigenvalue weighted by atomic mass is 9.61. The molecule has 0 aromatic carbocycles. The van der Waals surface area contributed by atoms with Gasteiger partial charge in [-0.2, -0.15) is 0 Å². The molecule has 3 nitrogen and oxygen atoms in total. The van der Waals surface area contributed by atoms with Gasteiger partial charge in [-0.3, -0.25) is 0 Å². The van der Waals surface area contributed by atoms with Crippen LogP contribution in [0.25, 0.3) is 0 Å². The molecule has 2 unspecified atom stereocenters. The lowest BCUT2D eigenvalue weighted by Gasteiger charge is -2.45. The first-order chi connectivity index (χ1) is 17.8. The lowest BCUT2D eigenvalue weighted by molar-refractivity contribution is -0.109. The van der Waals surface area contributed by atoms with Gasteiger partial charge in [-0.15, -0.1) is 0 Å². The monoisotopic (exact) mass is 574 g/mol. The van der Waals surface area contributed by atoms with Crippen LogP contribution in [0.4, 0.5) is 0 Å². The molecule has 3 aliphatic carbocycles. The first-order valence-corrected chi connectivity index (χ1v) is 21.8. The van der Waals surface area contributed by atoms with E-state index in [0.717, 1.165) is 25.5 Å². The van der Waals surface area contributed by atoms with Gasteiger partial charge in [-0.25, -0.2) is 0 Å². The summed E-state index contributed by atoms with van der Waals surface area (Å²) in [5.74, 6) is 1.84. The molecular formula is C34H62O3Si2. The Labute approximate surface area is 244 Å². The molecule has 5 heteroatoms. The van der Waals surface area contributed by atoms with Gasteiger partial charge in [0, 0.05) is 6.42 Å². The summed E-state index contributed by atoms with van der Waals surface area (Å²) in [5, 5.41) is 0.414. The summed E-state index contributed by atoms with van der Waals surface area (Å²) in [6, 6.07) is 0. The van der Waals surface area contributed by atoms with Gasteiger partial charge in [-0.1, -0.05) is 78.7 Å². The maximum atomic E-state index is 11.3. The quantitative estimate of drug-likeness (QED) is 0.214. The predicted molar refractivity (Wildman–Crippen MR) is 172 cm³/mol. The minimum atomic E-state index is -1.87. The van der Waals surface area contributed by atoms with E-state index >= 15 is 0 Å². The van der Waals surface area contributed by atoms with Crippen molar-refractivity contribution < 1.29 is 13.6 Å².